The molecule has 2 saturated heterocycles. The highest BCUT2D eigenvalue weighted by Gasteiger charge is 2.34. The van der Waals surface area contributed by atoms with Crippen LogP contribution < -0.4 is 0 Å². The molecule has 0 aliphatic carbocycles. The second kappa shape index (κ2) is 7.90. The number of halogens is 2. The lowest BCUT2D eigenvalue weighted by molar-refractivity contribution is 0.0264. The van der Waals surface area contributed by atoms with Crippen molar-refractivity contribution in [3.8, 4) is 0 Å². The molecule has 0 spiro atoms. The third kappa shape index (κ3) is 4.22. The van der Waals surface area contributed by atoms with Gasteiger partial charge < -0.3 is 9.84 Å². The molecule has 1 aromatic carbocycles. The predicted octanol–water partition coefficient (Wildman–Crippen LogP) is 1.85. The average molecular weight is 343 g/mol. The maximum atomic E-state index is 14.0. The number of nitrogens with zero attached hydrogens (tertiary/aromatic N) is 2. The normalized spacial score (nSPS) is 26.7. The highest BCUT2D eigenvalue weighted by Crippen LogP contribution is 2.28. The minimum Gasteiger partial charge on any atom is -0.396 e. The van der Waals surface area contributed by atoms with Gasteiger partial charge >= 0.3 is 0 Å². The van der Waals surface area contributed by atoms with E-state index in [-0.39, 0.29) is 18.3 Å². The molecule has 3 rings (SSSR count). The van der Waals surface area contributed by atoms with Gasteiger partial charge in [0.2, 0.25) is 0 Å². The molecular formula is C17H24ClFN2O2. The van der Waals surface area contributed by atoms with Crippen LogP contribution in [-0.2, 0) is 11.3 Å². The van der Waals surface area contributed by atoms with Gasteiger partial charge in [0.05, 0.1) is 13.2 Å². The molecule has 2 fully saturated rings. The van der Waals surface area contributed by atoms with Gasteiger partial charge in [0.1, 0.15) is 5.82 Å². The van der Waals surface area contributed by atoms with Crippen molar-refractivity contribution in [2.24, 2.45) is 11.8 Å². The number of ether oxygens (including phenoxy) is 1. The van der Waals surface area contributed by atoms with Crippen molar-refractivity contribution >= 4 is 11.6 Å². The minimum atomic E-state index is -0.255. The third-order valence-electron chi connectivity index (χ3n) is 4.93. The van der Waals surface area contributed by atoms with E-state index in [0.717, 1.165) is 45.9 Å². The molecular weight excluding hydrogens is 319 g/mol. The quantitative estimate of drug-likeness (QED) is 0.886. The van der Waals surface area contributed by atoms with Crippen LogP contribution in [0.2, 0.25) is 5.02 Å². The molecule has 6 heteroatoms. The van der Waals surface area contributed by atoms with Gasteiger partial charge in [-0.3, -0.25) is 9.80 Å². The van der Waals surface area contributed by atoms with Crippen molar-refractivity contribution < 1.29 is 14.2 Å². The molecule has 0 unspecified atom stereocenters. The van der Waals surface area contributed by atoms with Gasteiger partial charge in [-0.25, -0.2) is 4.39 Å². The number of aliphatic hydroxyl groups is 1. The molecule has 2 heterocycles. The number of rotatable bonds is 5. The Morgan fingerprint density at radius 2 is 1.91 bits per heavy atom. The smallest absolute Gasteiger partial charge is 0.129 e. The number of hydrogen-bond donors (Lipinski definition) is 1. The highest BCUT2D eigenvalue weighted by molar-refractivity contribution is 6.31. The first-order chi connectivity index (χ1) is 11.2. The summed E-state index contributed by atoms with van der Waals surface area (Å²) in [5.41, 5.74) is 0.554. The first-order valence-corrected chi connectivity index (χ1v) is 8.61. The Morgan fingerprint density at radius 3 is 2.61 bits per heavy atom. The lowest BCUT2D eigenvalue weighted by atomic mass is 9.96. The molecule has 0 saturated carbocycles. The van der Waals surface area contributed by atoms with Gasteiger partial charge in [-0.2, -0.15) is 0 Å². The van der Waals surface area contributed by atoms with E-state index >= 15 is 0 Å². The topological polar surface area (TPSA) is 35.9 Å². The molecule has 4 nitrogen and oxygen atoms in total. The fraction of sp³-hybridized carbons (Fsp3) is 0.647. The summed E-state index contributed by atoms with van der Waals surface area (Å²) in [4.78, 5) is 4.60. The molecule has 23 heavy (non-hydrogen) atoms. The molecule has 2 aliphatic rings. The van der Waals surface area contributed by atoms with Crippen LogP contribution >= 0.6 is 11.6 Å². The van der Waals surface area contributed by atoms with E-state index in [2.05, 4.69) is 9.80 Å². The number of hydrogen-bond acceptors (Lipinski definition) is 4. The predicted molar refractivity (Wildman–Crippen MR) is 88.0 cm³/mol. The average Bonchev–Trinajstić information content (AvgIpc) is 2.94. The lowest BCUT2D eigenvalue weighted by Crippen LogP contribution is -2.41. The van der Waals surface area contributed by atoms with Crippen molar-refractivity contribution in [1.29, 1.82) is 0 Å². The Kier molecular flexibility index (Phi) is 5.88. The zero-order valence-electron chi connectivity index (χ0n) is 13.3. The second-order valence-corrected chi connectivity index (χ2v) is 6.92. The maximum Gasteiger partial charge on any atom is 0.129 e. The summed E-state index contributed by atoms with van der Waals surface area (Å²) in [7, 11) is 0. The van der Waals surface area contributed by atoms with Crippen LogP contribution in [0.15, 0.2) is 18.2 Å². The SMILES string of the molecule is OC[C@@H]1CN(Cc2c(F)cccc2Cl)C[C@@H]1CN1CCOCC1. The van der Waals surface area contributed by atoms with Gasteiger partial charge in [-0.1, -0.05) is 17.7 Å². The van der Waals surface area contributed by atoms with Gasteiger partial charge in [0, 0.05) is 56.5 Å². The summed E-state index contributed by atoms with van der Waals surface area (Å²) in [5, 5.41) is 10.2. The van der Waals surface area contributed by atoms with E-state index in [1.165, 1.54) is 6.07 Å². The van der Waals surface area contributed by atoms with Crippen LogP contribution in [0.1, 0.15) is 5.56 Å². The van der Waals surface area contributed by atoms with E-state index < -0.39 is 0 Å². The van der Waals surface area contributed by atoms with Gasteiger partial charge in [-0.05, 0) is 24.0 Å². The van der Waals surface area contributed by atoms with E-state index in [1.807, 2.05) is 0 Å². The number of likely N-dealkylation sites (tertiary alicyclic amines) is 1. The van der Waals surface area contributed by atoms with E-state index in [4.69, 9.17) is 16.3 Å². The molecule has 1 N–H and O–H groups in total. The van der Waals surface area contributed by atoms with Gasteiger partial charge in [0.15, 0.2) is 0 Å². The molecule has 0 aromatic heterocycles. The fourth-order valence-corrected chi connectivity index (χ4v) is 3.82. The zero-order chi connectivity index (χ0) is 16.2. The first-order valence-electron chi connectivity index (χ1n) is 8.23. The molecule has 1 aromatic rings. The molecule has 0 radical (unpaired) electrons. The van der Waals surface area contributed by atoms with Crippen molar-refractivity contribution in [3.05, 3.63) is 34.6 Å². The summed E-state index contributed by atoms with van der Waals surface area (Å²) in [5.74, 6) is 0.390. The van der Waals surface area contributed by atoms with Crippen LogP contribution in [0.3, 0.4) is 0 Å². The number of aliphatic hydroxyl groups excluding tert-OH is 1. The molecule has 2 atom stereocenters. The van der Waals surface area contributed by atoms with Crippen LogP contribution in [0.25, 0.3) is 0 Å². The van der Waals surface area contributed by atoms with Crippen molar-refractivity contribution in [2.45, 2.75) is 6.54 Å². The third-order valence-corrected chi connectivity index (χ3v) is 5.28. The van der Waals surface area contributed by atoms with Crippen LogP contribution in [0, 0.1) is 17.7 Å². The number of morpholine rings is 1. The largest absolute Gasteiger partial charge is 0.396 e. The Bertz CT molecular complexity index is 505. The molecule has 0 bridgehead atoms. The van der Waals surface area contributed by atoms with Gasteiger partial charge in [-0.15, -0.1) is 0 Å². The molecule has 0 amide bonds. The van der Waals surface area contributed by atoms with Crippen LogP contribution in [0.4, 0.5) is 4.39 Å². The standard InChI is InChI=1S/C17H24ClFN2O2/c18-16-2-1-3-17(19)15(16)11-21-9-13(14(10-21)12-22)8-20-4-6-23-7-5-20/h1-3,13-14,22H,4-12H2/t13-,14-/m0/s1. The summed E-state index contributed by atoms with van der Waals surface area (Å²) in [6.07, 6.45) is 0. The Balaban J connectivity index is 1.61. The Hall–Kier alpha value is -0.720. The van der Waals surface area contributed by atoms with E-state index in [9.17, 15) is 9.50 Å². The first kappa shape index (κ1) is 17.1. The summed E-state index contributed by atoms with van der Waals surface area (Å²) in [6.45, 7) is 6.77. The monoisotopic (exact) mass is 342 g/mol. The van der Waals surface area contributed by atoms with E-state index in [0.29, 0.717) is 23.0 Å². The maximum absolute atomic E-state index is 14.0. The lowest BCUT2D eigenvalue weighted by Gasteiger charge is -2.30. The Morgan fingerprint density at radius 1 is 1.17 bits per heavy atom. The van der Waals surface area contributed by atoms with Crippen molar-refractivity contribution in [1.82, 2.24) is 9.80 Å². The van der Waals surface area contributed by atoms with E-state index in [1.54, 1.807) is 12.1 Å². The second-order valence-electron chi connectivity index (χ2n) is 6.51. The van der Waals surface area contributed by atoms with Crippen LogP contribution in [0.5, 0.6) is 0 Å². The zero-order valence-corrected chi connectivity index (χ0v) is 14.0. The summed E-state index contributed by atoms with van der Waals surface area (Å²) in [6, 6.07) is 4.81. The van der Waals surface area contributed by atoms with Crippen molar-refractivity contribution in [3.63, 3.8) is 0 Å². The fourth-order valence-electron chi connectivity index (χ4n) is 3.60. The molecule has 128 valence electrons. The molecule has 2 aliphatic heterocycles. The van der Waals surface area contributed by atoms with Crippen LogP contribution in [-0.4, -0.2) is 67.5 Å². The summed E-state index contributed by atoms with van der Waals surface area (Å²) < 4.78 is 19.4. The number of benzene rings is 1. The van der Waals surface area contributed by atoms with Crippen molar-refractivity contribution in [2.75, 3.05) is 52.5 Å². The Labute approximate surface area is 141 Å². The van der Waals surface area contributed by atoms with Gasteiger partial charge in [0.25, 0.3) is 0 Å². The summed E-state index contributed by atoms with van der Waals surface area (Å²) >= 11 is 6.13. The minimum absolute atomic E-state index is 0.177. The highest BCUT2D eigenvalue weighted by atomic mass is 35.5.